The number of hydrogen-bond acceptors (Lipinski definition) is 3. The van der Waals surface area contributed by atoms with E-state index in [0.29, 0.717) is 10.7 Å². The fraction of sp³-hybridized carbons (Fsp3) is 0.167. The number of alkyl halides is 3. The molecule has 9 heteroatoms. The molecule has 0 saturated carbocycles. The Balaban J connectivity index is 2.35. The van der Waals surface area contributed by atoms with Gasteiger partial charge in [-0.2, -0.15) is 18.2 Å². The van der Waals surface area contributed by atoms with Crippen LogP contribution in [0.1, 0.15) is 5.56 Å². The molecule has 2 heterocycles. The Morgan fingerprint density at radius 1 is 1.33 bits per heavy atom. The number of nitrogens with zero attached hydrogens (tertiary/aromatic N) is 4. The zero-order chi connectivity index (χ0) is 15.5. The molecule has 0 fully saturated rings. The molecular weight excluding hydrogens is 309 g/mol. The summed E-state index contributed by atoms with van der Waals surface area (Å²) >= 11 is 5.65. The second kappa shape index (κ2) is 6.04. The van der Waals surface area contributed by atoms with Gasteiger partial charge in [-0.1, -0.05) is 17.7 Å². The van der Waals surface area contributed by atoms with E-state index in [1.54, 1.807) is 12.1 Å². The molecule has 2 rings (SSSR count). The van der Waals surface area contributed by atoms with Crippen molar-refractivity contribution in [2.24, 2.45) is 4.99 Å². The maximum atomic E-state index is 12.2. The van der Waals surface area contributed by atoms with Crippen molar-refractivity contribution in [3.8, 4) is 0 Å². The minimum absolute atomic E-state index is 0.155. The van der Waals surface area contributed by atoms with Crippen molar-refractivity contribution in [1.82, 2.24) is 14.5 Å². The Morgan fingerprint density at radius 3 is 2.71 bits per heavy atom. The Morgan fingerprint density at radius 2 is 2.10 bits per heavy atom. The second-order valence-electron chi connectivity index (χ2n) is 3.95. The molecule has 1 amide bonds. The normalized spacial score (nSPS) is 12.5. The SMILES string of the molecule is O=C(/N=c1\ncccn1Cc1ccc(Cl)nc1)C(F)(F)F. The standard InChI is InChI=1S/C12H8ClF3N4O/c13-9-3-2-8(6-18-9)7-20-5-1-4-17-11(20)19-10(21)12(14,15)16/h1-6H,7H2/b19-11+. The van der Waals surface area contributed by atoms with Gasteiger partial charge in [-0.3, -0.25) is 4.79 Å². The van der Waals surface area contributed by atoms with Gasteiger partial charge in [0.2, 0.25) is 5.62 Å². The molecule has 0 aliphatic heterocycles. The van der Waals surface area contributed by atoms with Crippen LogP contribution in [0.3, 0.4) is 0 Å². The Hall–Kier alpha value is -2.22. The third-order valence-corrected chi connectivity index (χ3v) is 2.61. The quantitative estimate of drug-likeness (QED) is 0.796. The highest BCUT2D eigenvalue weighted by Crippen LogP contribution is 2.15. The first kappa shape index (κ1) is 15.2. The zero-order valence-corrected chi connectivity index (χ0v) is 11.1. The smallest absolute Gasteiger partial charge is 0.313 e. The number of pyridine rings is 1. The average molecular weight is 317 g/mol. The van der Waals surface area contributed by atoms with Crippen LogP contribution in [0.2, 0.25) is 5.15 Å². The van der Waals surface area contributed by atoms with Crippen molar-refractivity contribution < 1.29 is 18.0 Å². The van der Waals surface area contributed by atoms with Gasteiger partial charge in [-0.25, -0.2) is 9.97 Å². The molecule has 2 aromatic rings. The van der Waals surface area contributed by atoms with Crippen molar-refractivity contribution in [3.05, 3.63) is 53.1 Å². The summed E-state index contributed by atoms with van der Waals surface area (Å²) < 4.78 is 38.0. The lowest BCUT2D eigenvalue weighted by atomic mass is 10.3. The number of hydrogen-bond donors (Lipinski definition) is 0. The van der Waals surface area contributed by atoms with Gasteiger partial charge >= 0.3 is 12.1 Å². The number of carbonyl (C=O) groups is 1. The molecular formula is C12H8ClF3N4O. The molecule has 0 aliphatic rings. The van der Waals surface area contributed by atoms with Gasteiger partial charge in [0.15, 0.2) is 0 Å². The van der Waals surface area contributed by atoms with E-state index >= 15 is 0 Å². The molecule has 5 nitrogen and oxygen atoms in total. The number of halogens is 4. The van der Waals surface area contributed by atoms with Gasteiger partial charge in [-0.15, -0.1) is 0 Å². The van der Waals surface area contributed by atoms with Gasteiger partial charge in [0.1, 0.15) is 5.15 Å². The molecule has 0 N–H and O–H groups in total. The monoisotopic (exact) mass is 316 g/mol. The van der Waals surface area contributed by atoms with Gasteiger partial charge in [0.05, 0.1) is 6.54 Å². The minimum atomic E-state index is -5.03. The first-order chi connectivity index (χ1) is 9.86. The predicted molar refractivity (Wildman–Crippen MR) is 67.2 cm³/mol. The zero-order valence-electron chi connectivity index (χ0n) is 10.4. The highest BCUT2D eigenvalue weighted by Gasteiger charge is 2.38. The van der Waals surface area contributed by atoms with E-state index in [2.05, 4.69) is 15.0 Å². The lowest BCUT2D eigenvalue weighted by molar-refractivity contribution is -0.169. The first-order valence-corrected chi connectivity index (χ1v) is 6.02. The summed E-state index contributed by atoms with van der Waals surface area (Å²) in [5, 5.41) is 0.298. The van der Waals surface area contributed by atoms with Crippen molar-refractivity contribution in [2.75, 3.05) is 0 Å². The Bertz CT molecular complexity index is 709. The summed E-state index contributed by atoms with van der Waals surface area (Å²) in [6.45, 7) is 0.155. The molecule has 21 heavy (non-hydrogen) atoms. The Kier molecular flexibility index (Phi) is 4.37. The van der Waals surface area contributed by atoms with E-state index in [1.165, 1.54) is 29.2 Å². The van der Waals surface area contributed by atoms with E-state index in [9.17, 15) is 18.0 Å². The summed E-state index contributed by atoms with van der Waals surface area (Å²) in [7, 11) is 0. The van der Waals surface area contributed by atoms with Gasteiger partial charge in [-0.05, 0) is 17.7 Å². The maximum Gasteiger partial charge on any atom is 0.473 e. The minimum Gasteiger partial charge on any atom is -0.313 e. The van der Waals surface area contributed by atoms with Gasteiger partial charge in [0.25, 0.3) is 0 Å². The molecule has 0 radical (unpaired) electrons. The highest BCUT2D eigenvalue weighted by molar-refractivity contribution is 6.29. The fourth-order valence-electron chi connectivity index (χ4n) is 1.46. The van der Waals surface area contributed by atoms with Crippen LogP contribution in [-0.4, -0.2) is 26.6 Å². The molecule has 0 unspecified atom stereocenters. The number of carbonyl (C=O) groups excluding carboxylic acids is 1. The maximum absolute atomic E-state index is 12.2. The van der Waals surface area contributed by atoms with E-state index in [4.69, 9.17) is 11.6 Å². The topological polar surface area (TPSA) is 60.1 Å². The molecule has 0 aromatic carbocycles. The third-order valence-electron chi connectivity index (χ3n) is 2.38. The molecule has 0 bridgehead atoms. The van der Waals surface area contributed by atoms with Crippen LogP contribution < -0.4 is 5.62 Å². The number of amides is 1. The first-order valence-electron chi connectivity index (χ1n) is 5.64. The van der Waals surface area contributed by atoms with Crippen LogP contribution in [0.25, 0.3) is 0 Å². The summed E-state index contributed by atoms with van der Waals surface area (Å²) in [6, 6.07) is 4.72. The van der Waals surface area contributed by atoms with Crippen molar-refractivity contribution >= 4 is 17.5 Å². The summed E-state index contributed by atoms with van der Waals surface area (Å²) in [5.74, 6) is -2.20. The van der Waals surface area contributed by atoms with Crippen LogP contribution in [0, 0.1) is 0 Å². The van der Waals surface area contributed by atoms with E-state index in [0.717, 1.165) is 0 Å². The second-order valence-corrected chi connectivity index (χ2v) is 4.34. The van der Waals surface area contributed by atoms with Crippen molar-refractivity contribution in [1.29, 1.82) is 0 Å². The van der Waals surface area contributed by atoms with E-state index in [1.807, 2.05) is 0 Å². The summed E-state index contributed by atoms with van der Waals surface area (Å²) in [6.07, 6.45) is -0.849. The fourth-order valence-corrected chi connectivity index (χ4v) is 1.57. The molecule has 0 atom stereocenters. The van der Waals surface area contributed by atoms with Crippen LogP contribution in [0.15, 0.2) is 41.8 Å². The third kappa shape index (κ3) is 4.12. The summed E-state index contributed by atoms with van der Waals surface area (Å²) in [5.41, 5.74) is 0.336. The largest absolute Gasteiger partial charge is 0.473 e. The highest BCUT2D eigenvalue weighted by atomic mass is 35.5. The predicted octanol–water partition coefficient (Wildman–Crippen LogP) is 1.97. The van der Waals surface area contributed by atoms with Crippen LogP contribution in [0.5, 0.6) is 0 Å². The van der Waals surface area contributed by atoms with E-state index < -0.39 is 12.1 Å². The average Bonchev–Trinajstić information content (AvgIpc) is 2.42. The van der Waals surface area contributed by atoms with Crippen LogP contribution in [0.4, 0.5) is 13.2 Å². The lowest BCUT2D eigenvalue weighted by Crippen LogP contribution is -2.30. The van der Waals surface area contributed by atoms with E-state index in [-0.39, 0.29) is 12.2 Å². The van der Waals surface area contributed by atoms with Crippen molar-refractivity contribution in [2.45, 2.75) is 12.7 Å². The summed E-state index contributed by atoms with van der Waals surface area (Å²) in [4.78, 5) is 21.4. The molecule has 0 saturated heterocycles. The van der Waals surface area contributed by atoms with Crippen molar-refractivity contribution in [3.63, 3.8) is 0 Å². The van der Waals surface area contributed by atoms with Gasteiger partial charge < -0.3 is 4.57 Å². The lowest BCUT2D eigenvalue weighted by Gasteiger charge is -2.06. The number of aromatic nitrogens is 3. The van der Waals surface area contributed by atoms with Crippen LogP contribution in [-0.2, 0) is 11.3 Å². The molecule has 2 aromatic heterocycles. The van der Waals surface area contributed by atoms with Crippen LogP contribution >= 0.6 is 11.6 Å². The molecule has 0 spiro atoms. The number of rotatable bonds is 2. The van der Waals surface area contributed by atoms with Gasteiger partial charge in [0, 0.05) is 18.6 Å². The Labute approximate surface area is 121 Å². The molecule has 0 aliphatic carbocycles. The molecule has 110 valence electrons.